The Morgan fingerprint density at radius 2 is 2.16 bits per heavy atom. The van der Waals surface area contributed by atoms with Crippen molar-refractivity contribution in [1.82, 2.24) is 9.97 Å². The molecule has 0 aliphatic carbocycles. The van der Waals surface area contributed by atoms with Crippen molar-refractivity contribution in [2.75, 3.05) is 23.9 Å². The summed E-state index contributed by atoms with van der Waals surface area (Å²) < 4.78 is 0. The van der Waals surface area contributed by atoms with E-state index in [1.807, 2.05) is 25.8 Å². The van der Waals surface area contributed by atoms with E-state index in [1.165, 1.54) is 0 Å². The topological polar surface area (TPSA) is 90.9 Å². The lowest BCUT2D eigenvalue weighted by atomic mass is 10.2. The molecule has 0 aliphatic rings. The van der Waals surface area contributed by atoms with Gasteiger partial charge in [0, 0.05) is 25.6 Å². The first-order valence-electron chi connectivity index (χ1n) is 6.48. The van der Waals surface area contributed by atoms with Gasteiger partial charge >= 0.3 is 0 Å². The van der Waals surface area contributed by atoms with Crippen LogP contribution in [0.1, 0.15) is 31.7 Å². The molecule has 1 unspecified atom stereocenters. The Bertz CT molecular complexity index is 465. The molecule has 0 fully saturated rings. The van der Waals surface area contributed by atoms with Gasteiger partial charge in [0.25, 0.3) is 0 Å². The number of anilines is 2. The number of nitrogen functional groups attached to an aromatic ring is 1. The van der Waals surface area contributed by atoms with Crippen molar-refractivity contribution in [1.29, 1.82) is 5.26 Å². The predicted octanol–water partition coefficient (Wildman–Crippen LogP) is 1.62. The molecule has 19 heavy (non-hydrogen) atoms. The summed E-state index contributed by atoms with van der Waals surface area (Å²) in [6, 6.07) is 2.23. The van der Waals surface area contributed by atoms with Crippen LogP contribution in [0.15, 0.2) is 0 Å². The zero-order valence-corrected chi connectivity index (χ0v) is 12.1. The van der Waals surface area contributed by atoms with E-state index in [4.69, 9.17) is 11.1 Å². The molecule has 0 spiro atoms. The zero-order chi connectivity index (χ0) is 14.4. The number of nitrogens with zero attached hydrogens (tertiary/aromatic N) is 4. The standard InChI is InChI=1S/C13H22N6/c1-5-6-11-16-12(18-15)10(3)13(17-11)19(4)8-9(2)7-14/h9H,5-6,8,15H2,1-4H3,(H,16,17,18). The molecule has 0 radical (unpaired) electrons. The molecule has 0 aliphatic heterocycles. The summed E-state index contributed by atoms with van der Waals surface area (Å²) in [6.45, 7) is 6.53. The molecule has 1 rings (SSSR count). The van der Waals surface area contributed by atoms with E-state index in [1.54, 1.807) is 0 Å². The second-order valence-electron chi connectivity index (χ2n) is 4.74. The van der Waals surface area contributed by atoms with Gasteiger partial charge in [-0.05, 0) is 20.3 Å². The van der Waals surface area contributed by atoms with Crippen molar-refractivity contribution in [2.45, 2.75) is 33.6 Å². The highest BCUT2D eigenvalue weighted by Crippen LogP contribution is 2.23. The van der Waals surface area contributed by atoms with Crippen LogP contribution in [0.3, 0.4) is 0 Å². The molecular formula is C13H22N6. The van der Waals surface area contributed by atoms with E-state index in [-0.39, 0.29) is 5.92 Å². The van der Waals surface area contributed by atoms with Crippen LogP contribution in [0.2, 0.25) is 0 Å². The van der Waals surface area contributed by atoms with Gasteiger partial charge in [0.15, 0.2) is 0 Å². The number of aromatic nitrogens is 2. The van der Waals surface area contributed by atoms with Gasteiger partial charge in [-0.25, -0.2) is 15.8 Å². The smallest absolute Gasteiger partial charge is 0.148 e. The molecule has 6 nitrogen and oxygen atoms in total. The van der Waals surface area contributed by atoms with Crippen LogP contribution < -0.4 is 16.2 Å². The van der Waals surface area contributed by atoms with E-state index in [0.717, 1.165) is 30.0 Å². The maximum Gasteiger partial charge on any atom is 0.148 e. The highest BCUT2D eigenvalue weighted by Gasteiger charge is 2.15. The van der Waals surface area contributed by atoms with E-state index in [9.17, 15) is 0 Å². The SMILES string of the molecule is CCCc1nc(NN)c(C)c(N(C)CC(C)C#N)n1. The fourth-order valence-electron chi connectivity index (χ4n) is 1.94. The minimum atomic E-state index is -0.0525. The minimum absolute atomic E-state index is 0.0525. The first-order valence-corrected chi connectivity index (χ1v) is 6.48. The first-order chi connectivity index (χ1) is 9.03. The van der Waals surface area contributed by atoms with E-state index >= 15 is 0 Å². The monoisotopic (exact) mass is 262 g/mol. The molecule has 0 aromatic carbocycles. The first kappa shape index (κ1) is 15.2. The highest BCUT2D eigenvalue weighted by atomic mass is 15.3. The number of nitrogens with two attached hydrogens (primary N) is 1. The van der Waals surface area contributed by atoms with Crippen LogP contribution in [0.4, 0.5) is 11.6 Å². The van der Waals surface area contributed by atoms with Gasteiger partial charge < -0.3 is 10.3 Å². The van der Waals surface area contributed by atoms with Gasteiger partial charge in [-0.3, -0.25) is 0 Å². The van der Waals surface area contributed by atoms with Gasteiger partial charge in [-0.1, -0.05) is 6.92 Å². The summed E-state index contributed by atoms with van der Waals surface area (Å²) in [5.41, 5.74) is 3.51. The normalized spacial score (nSPS) is 11.8. The number of aryl methyl sites for hydroxylation is 1. The van der Waals surface area contributed by atoms with Crippen molar-refractivity contribution in [3.05, 3.63) is 11.4 Å². The molecule has 1 aromatic heterocycles. The Hall–Kier alpha value is -1.87. The summed E-state index contributed by atoms with van der Waals surface area (Å²) in [4.78, 5) is 10.9. The van der Waals surface area contributed by atoms with E-state index in [2.05, 4.69) is 28.4 Å². The number of nitrogens with one attached hydrogen (secondary N) is 1. The Morgan fingerprint density at radius 1 is 1.47 bits per heavy atom. The van der Waals surface area contributed by atoms with Crippen molar-refractivity contribution in [2.24, 2.45) is 11.8 Å². The summed E-state index contributed by atoms with van der Waals surface area (Å²) in [6.07, 6.45) is 1.79. The van der Waals surface area contributed by atoms with Gasteiger partial charge in [0.1, 0.15) is 17.5 Å². The molecule has 1 aromatic rings. The molecule has 1 atom stereocenters. The van der Waals surface area contributed by atoms with Crippen LogP contribution >= 0.6 is 0 Å². The average Bonchev–Trinajstić information content (AvgIpc) is 2.40. The fraction of sp³-hybridized carbons (Fsp3) is 0.615. The molecule has 0 bridgehead atoms. The minimum Gasteiger partial charge on any atom is -0.358 e. The largest absolute Gasteiger partial charge is 0.358 e. The number of hydrogen-bond donors (Lipinski definition) is 2. The third-order valence-corrected chi connectivity index (χ3v) is 2.91. The molecular weight excluding hydrogens is 240 g/mol. The Balaban J connectivity index is 3.10. The lowest BCUT2D eigenvalue weighted by Crippen LogP contribution is -2.26. The second kappa shape index (κ2) is 6.90. The molecule has 104 valence electrons. The van der Waals surface area contributed by atoms with Gasteiger partial charge in [0.2, 0.25) is 0 Å². The predicted molar refractivity (Wildman–Crippen MR) is 76.6 cm³/mol. The van der Waals surface area contributed by atoms with Crippen LogP contribution in [0.5, 0.6) is 0 Å². The quantitative estimate of drug-likeness (QED) is 0.598. The molecule has 6 heteroatoms. The van der Waals surface area contributed by atoms with E-state index < -0.39 is 0 Å². The second-order valence-corrected chi connectivity index (χ2v) is 4.74. The van der Waals surface area contributed by atoms with Crippen LogP contribution in [0.25, 0.3) is 0 Å². The molecule has 3 N–H and O–H groups in total. The Morgan fingerprint density at radius 3 is 2.68 bits per heavy atom. The zero-order valence-electron chi connectivity index (χ0n) is 12.1. The van der Waals surface area contributed by atoms with Crippen LogP contribution in [0, 0.1) is 24.2 Å². The van der Waals surface area contributed by atoms with E-state index in [0.29, 0.717) is 12.4 Å². The fourth-order valence-corrected chi connectivity index (χ4v) is 1.94. The molecule has 1 heterocycles. The summed E-state index contributed by atoms with van der Waals surface area (Å²) >= 11 is 0. The Labute approximate surface area is 114 Å². The highest BCUT2D eigenvalue weighted by molar-refractivity contribution is 5.57. The molecule has 0 amide bonds. The van der Waals surface area contributed by atoms with Crippen molar-refractivity contribution >= 4 is 11.6 Å². The number of hydrazine groups is 1. The number of rotatable bonds is 6. The number of hydrogen-bond acceptors (Lipinski definition) is 6. The Kier molecular flexibility index (Phi) is 5.52. The van der Waals surface area contributed by atoms with Crippen molar-refractivity contribution in [3.63, 3.8) is 0 Å². The summed E-state index contributed by atoms with van der Waals surface area (Å²) in [7, 11) is 1.93. The summed E-state index contributed by atoms with van der Waals surface area (Å²) in [5, 5.41) is 8.90. The maximum absolute atomic E-state index is 8.90. The third-order valence-electron chi connectivity index (χ3n) is 2.91. The summed E-state index contributed by atoms with van der Waals surface area (Å²) in [5.74, 6) is 7.69. The molecule has 0 saturated carbocycles. The van der Waals surface area contributed by atoms with Crippen LogP contribution in [-0.4, -0.2) is 23.6 Å². The third kappa shape index (κ3) is 3.80. The van der Waals surface area contributed by atoms with Crippen molar-refractivity contribution in [3.8, 4) is 6.07 Å². The lowest BCUT2D eigenvalue weighted by Gasteiger charge is -2.23. The van der Waals surface area contributed by atoms with Crippen molar-refractivity contribution < 1.29 is 0 Å². The lowest BCUT2D eigenvalue weighted by molar-refractivity contribution is 0.702. The number of nitriles is 1. The van der Waals surface area contributed by atoms with Gasteiger partial charge in [-0.15, -0.1) is 0 Å². The van der Waals surface area contributed by atoms with Crippen LogP contribution in [-0.2, 0) is 6.42 Å². The maximum atomic E-state index is 8.90. The molecule has 0 saturated heterocycles. The average molecular weight is 262 g/mol. The van der Waals surface area contributed by atoms with Gasteiger partial charge in [-0.2, -0.15) is 5.26 Å². The van der Waals surface area contributed by atoms with Gasteiger partial charge in [0.05, 0.1) is 12.0 Å².